The molecule has 2 N–H and O–H groups in total. The lowest BCUT2D eigenvalue weighted by atomic mass is 9.99. The predicted molar refractivity (Wildman–Crippen MR) is 76.1 cm³/mol. The van der Waals surface area contributed by atoms with Gasteiger partial charge in [-0.25, -0.2) is 0 Å². The van der Waals surface area contributed by atoms with Crippen LogP contribution in [0.4, 0.5) is 0 Å². The normalized spacial score (nSPS) is 12.4. The summed E-state index contributed by atoms with van der Waals surface area (Å²) in [5.74, 6) is 0. The second-order valence-electron chi connectivity index (χ2n) is 4.05. The molecule has 0 amide bonds. The second-order valence-corrected chi connectivity index (χ2v) is 4.87. The van der Waals surface area contributed by atoms with Gasteiger partial charge in [-0.1, -0.05) is 42.3 Å². The summed E-state index contributed by atoms with van der Waals surface area (Å²) >= 11 is 11.9. The Morgan fingerprint density at radius 2 is 2.00 bits per heavy atom. The quantitative estimate of drug-likeness (QED) is 0.923. The molecule has 4 heteroatoms. The molecule has 1 unspecified atom stereocenters. The smallest absolute Gasteiger partial charge is 0.0729 e. The number of nitrogens with two attached hydrogens (primary N) is 1. The first-order valence-electron chi connectivity index (χ1n) is 5.77. The molecule has 0 aliphatic heterocycles. The first-order valence-corrected chi connectivity index (χ1v) is 6.53. The average Bonchev–Trinajstić information content (AvgIpc) is 2.41. The van der Waals surface area contributed by atoms with Gasteiger partial charge in [0, 0.05) is 6.20 Å². The van der Waals surface area contributed by atoms with Crippen molar-refractivity contribution in [3.63, 3.8) is 0 Å². The van der Waals surface area contributed by atoms with Crippen LogP contribution in [0.2, 0.25) is 10.0 Å². The molecule has 0 aliphatic carbocycles. The summed E-state index contributed by atoms with van der Waals surface area (Å²) in [6, 6.07) is 9.11. The SMILES string of the molecule is CCc1cccnc1C(N)c1ccc(Cl)c(Cl)c1. The topological polar surface area (TPSA) is 38.9 Å². The van der Waals surface area contributed by atoms with Crippen LogP contribution in [0.25, 0.3) is 0 Å². The third kappa shape index (κ3) is 2.66. The van der Waals surface area contributed by atoms with Crippen LogP contribution in [-0.4, -0.2) is 4.98 Å². The molecule has 18 heavy (non-hydrogen) atoms. The van der Waals surface area contributed by atoms with E-state index in [-0.39, 0.29) is 6.04 Å². The van der Waals surface area contributed by atoms with Crippen molar-refractivity contribution in [2.75, 3.05) is 0 Å². The van der Waals surface area contributed by atoms with Gasteiger partial charge in [-0.15, -0.1) is 0 Å². The van der Waals surface area contributed by atoms with Gasteiger partial charge in [0.2, 0.25) is 0 Å². The molecule has 1 heterocycles. The van der Waals surface area contributed by atoms with E-state index in [1.54, 1.807) is 18.3 Å². The molecule has 1 aromatic heterocycles. The highest BCUT2D eigenvalue weighted by Gasteiger charge is 2.14. The van der Waals surface area contributed by atoms with Crippen molar-refractivity contribution >= 4 is 23.2 Å². The van der Waals surface area contributed by atoms with Gasteiger partial charge in [0.15, 0.2) is 0 Å². The third-order valence-corrected chi connectivity index (χ3v) is 3.64. The summed E-state index contributed by atoms with van der Waals surface area (Å²) in [7, 11) is 0. The number of hydrogen-bond donors (Lipinski definition) is 1. The van der Waals surface area contributed by atoms with E-state index in [9.17, 15) is 0 Å². The van der Waals surface area contributed by atoms with E-state index in [1.165, 1.54) is 0 Å². The van der Waals surface area contributed by atoms with E-state index in [0.717, 1.165) is 23.2 Å². The maximum atomic E-state index is 6.25. The number of nitrogens with zero attached hydrogens (tertiary/aromatic N) is 1. The van der Waals surface area contributed by atoms with Crippen molar-refractivity contribution in [3.8, 4) is 0 Å². The molecular formula is C14H14Cl2N2. The van der Waals surface area contributed by atoms with Crippen LogP contribution in [0.15, 0.2) is 36.5 Å². The first kappa shape index (κ1) is 13.3. The maximum Gasteiger partial charge on any atom is 0.0729 e. The largest absolute Gasteiger partial charge is 0.319 e. The average molecular weight is 281 g/mol. The Labute approximate surface area is 117 Å². The highest BCUT2D eigenvalue weighted by molar-refractivity contribution is 6.42. The number of aromatic nitrogens is 1. The monoisotopic (exact) mass is 280 g/mol. The molecule has 0 aliphatic rings. The van der Waals surface area contributed by atoms with E-state index in [2.05, 4.69) is 11.9 Å². The van der Waals surface area contributed by atoms with Gasteiger partial charge in [0.1, 0.15) is 0 Å². The van der Waals surface area contributed by atoms with Gasteiger partial charge in [-0.3, -0.25) is 4.98 Å². The standard InChI is InChI=1S/C14H14Cl2N2/c1-2-9-4-3-7-18-14(9)13(17)10-5-6-11(15)12(16)8-10/h3-8,13H,2,17H2,1H3. The zero-order valence-electron chi connectivity index (χ0n) is 10.0. The summed E-state index contributed by atoms with van der Waals surface area (Å²) in [6.45, 7) is 2.09. The Morgan fingerprint density at radius 1 is 1.22 bits per heavy atom. The Morgan fingerprint density at radius 3 is 2.67 bits per heavy atom. The summed E-state index contributed by atoms with van der Waals surface area (Å²) in [6.07, 6.45) is 2.66. The van der Waals surface area contributed by atoms with Gasteiger partial charge in [-0.2, -0.15) is 0 Å². The fourth-order valence-electron chi connectivity index (χ4n) is 1.89. The summed E-state index contributed by atoms with van der Waals surface area (Å²) in [5, 5.41) is 1.04. The molecule has 0 saturated carbocycles. The fraction of sp³-hybridized carbons (Fsp3) is 0.214. The molecule has 1 aromatic carbocycles. The van der Waals surface area contributed by atoms with Crippen LogP contribution in [0.3, 0.4) is 0 Å². The Balaban J connectivity index is 2.41. The van der Waals surface area contributed by atoms with Crippen LogP contribution >= 0.6 is 23.2 Å². The molecule has 0 fully saturated rings. The van der Waals surface area contributed by atoms with E-state index in [0.29, 0.717) is 10.0 Å². The van der Waals surface area contributed by atoms with Crippen molar-refractivity contribution in [1.82, 2.24) is 4.98 Å². The molecule has 2 nitrogen and oxygen atoms in total. The highest BCUT2D eigenvalue weighted by Crippen LogP contribution is 2.28. The highest BCUT2D eigenvalue weighted by atomic mass is 35.5. The van der Waals surface area contributed by atoms with Gasteiger partial charge in [-0.05, 0) is 35.7 Å². The molecule has 0 spiro atoms. The zero-order chi connectivity index (χ0) is 13.1. The number of pyridine rings is 1. The third-order valence-electron chi connectivity index (χ3n) is 2.90. The van der Waals surface area contributed by atoms with Gasteiger partial charge in [0.05, 0.1) is 21.8 Å². The van der Waals surface area contributed by atoms with E-state index < -0.39 is 0 Å². The zero-order valence-corrected chi connectivity index (χ0v) is 11.5. The molecule has 1 atom stereocenters. The molecule has 0 saturated heterocycles. The van der Waals surface area contributed by atoms with E-state index >= 15 is 0 Å². The minimum Gasteiger partial charge on any atom is -0.319 e. The van der Waals surface area contributed by atoms with Gasteiger partial charge in [0.25, 0.3) is 0 Å². The van der Waals surface area contributed by atoms with Gasteiger partial charge < -0.3 is 5.73 Å². The number of rotatable bonds is 3. The summed E-state index contributed by atoms with van der Waals surface area (Å²) in [5.41, 5.74) is 9.20. The lowest BCUT2D eigenvalue weighted by molar-refractivity contribution is 0.806. The van der Waals surface area contributed by atoms with Crippen LogP contribution in [0, 0.1) is 0 Å². The number of hydrogen-bond acceptors (Lipinski definition) is 2. The lowest BCUT2D eigenvalue weighted by Crippen LogP contribution is -2.15. The van der Waals surface area contributed by atoms with E-state index in [1.807, 2.05) is 18.2 Å². The van der Waals surface area contributed by atoms with Crippen LogP contribution in [0.5, 0.6) is 0 Å². The second kappa shape index (κ2) is 5.70. The first-order chi connectivity index (χ1) is 8.63. The molecule has 94 valence electrons. The molecule has 2 aromatic rings. The van der Waals surface area contributed by atoms with Gasteiger partial charge >= 0.3 is 0 Å². The van der Waals surface area contributed by atoms with Crippen molar-refractivity contribution in [2.24, 2.45) is 5.73 Å². The Bertz CT molecular complexity index is 555. The number of halogens is 2. The van der Waals surface area contributed by atoms with Crippen LogP contribution < -0.4 is 5.73 Å². The minimum atomic E-state index is -0.282. The van der Waals surface area contributed by atoms with E-state index in [4.69, 9.17) is 28.9 Å². The predicted octanol–water partition coefficient (Wildman–Crippen LogP) is 4.00. The lowest BCUT2D eigenvalue weighted by Gasteiger charge is -2.15. The Hall–Kier alpha value is -1.09. The van der Waals surface area contributed by atoms with Crippen molar-refractivity contribution < 1.29 is 0 Å². The summed E-state index contributed by atoms with van der Waals surface area (Å²) in [4.78, 5) is 4.38. The Kier molecular flexibility index (Phi) is 4.23. The molecule has 0 bridgehead atoms. The molecule has 0 radical (unpaired) electrons. The maximum absolute atomic E-state index is 6.25. The molecule has 2 rings (SSSR count). The minimum absolute atomic E-state index is 0.282. The van der Waals surface area contributed by atoms with Crippen molar-refractivity contribution in [2.45, 2.75) is 19.4 Å². The van der Waals surface area contributed by atoms with Crippen LogP contribution in [-0.2, 0) is 6.42 Å². The number of aryl methyl sites for hydroxylation is 1. The van der Waals surface area contributed by atoms with Crippen molar-refractivity contribution in [3.05, 3.63) is 63.4 Å². The number of benzene rings is 1. The summed E-state index contributed by atoms with van der Waals surface area (Å²) < 4.78 is 0. The fourth-order valence-corrected chi connectivity index (χ4v) is 2.20. The molecular weight excluding hydrogens is 267 g/mol. The van der Waals surface area contributed by atoms with Crippen LogP contribution in [0.1, 0.15) is 29.8 Å². The van der Waals surface area contributed by atoms with Crippen molar-refractivity contribution in [1.29, 1.82) is 0 Å².